The van der Waals surface area contributed by atoms with Crippen LogP contribution in [0.2, 0.25) is 0 Å². The number of carboxylic acids is 1. The lowest BCUT2D eigenvalue weighted by molar-refractivity contribution is -0.144. The Hall–Kier alpha value is -0.570. The van der Waals surface area contributed by atoms with Crippen molar-refractivity contribution in [2.75, 3.05) is 13.1 Å². The van der Waals surface area contributed by atoms with Crippen LogP contribution in [0.15, 0.2) is 0 Å². The second-order valence-electron chi connectivity index (χ2n) is 3.44. The SMILES string of the molecule is CCC(C(=O)O)C1CCNCC1. The van der Waals surface area contributed by atoms with Gasteiger partial charge < -0.3 is 10.4 Å². The van der Waals surface area contributed by atoms with Gasteiger partial charge in [-0.05, 0) is 38.3 Å². The van der Waals surface area contributed by atoms with E-state index in [0.29, 0.717) is 5.92 Å². The highest BCUT2D eigenvalue weighted by Crippen LogP contribution is 2.24. The molecule has 0 aromatic rings. The minimum absolute atomic E-state index is 0.118. The zero-order valence-electron chi connectivity index (χ0n) is 7.55. The fraction of sp³-hybridized carbons (Fsp3) is 0.889. The van der Waals surface area contributed by atoms with E-state index in [4.69, 9.17) is 5.11 Å². The molecule has 0 saturated carbocycles. The average molecular weight is 171 g/mol. The summed E-state index contributed by atoms with van der Waals surface area (Å²) >= 11 is 0. The summed E-state index contributed by atoms with van der Waals surface area (Å²) in [5.74, 6) is -0.342. The van der Waals surface area contributed by atoms with Crippen molar-refractivity contribution in [3.8, 4) is 0 Å². The van der Waals surface area contributed by atoms with E-state index >= 15 is 0 Å². The van der Waals surface area contributed by atoms with Crippen LogP contribution in [0, 0.1) is 11.8 Å². The van der Waals surface area contributed by atoms with E-state index < -0.39 is 5.97 Å². The summed E-state index contributed by atoms with van der Waals surface area (Å²) in [6, 6.07) is 0. The van der Waals surface area contributed by atoms with Gasteiger partial charge in [0.15, 0.2) is 0 Å². The van der Waals surface area contributed by atoms with Crippen LogP contribution < -0.4 is 5.32 Å². The molecule has 2 N–H and O–H groups in total. The van der Waals surface area contributed by atoms with E-state index in [2.05, 4.69) is 5.32 Å². The molecule has 0 amide bonds. The van der Waals surface area contributed by atoms with Gasteiger partial charge in [-0.25, -0.2) is 0 Å². The number of carboxylic acid groups (broad SMARTS) is 1. The number of aliphatic carboxylic acids is 1. The van der Waals surface area contributed by atoms with E-state index in [0.717, 1.165) is 32.4 Å². The van der Waals surface area contributed by atoms with Crippen LogP contribution in [0.4, 0.5) is 0 Å². The minimum Gasteiger partial charge on any atom is -0.481 e. The van der Waals surface area contributed by atoms with Crippen molar-refractivity contribution < 1.29 is 9.90 Å². The molecule has 1 unspecified atom stereocenters. The number of hydrogen-bond donors (Lipinski definition) is 2. The first kappa shape index (κ1) is 9.52. The van der Waals surface area contributed by atoms with E-state index in [1.54, 1.807) is 0 Å². The molecule has 1 rings (SSSR count). The fourth-order valence-electron chi connectivity index (χ4n) is 1.96. The molecule has 70 valence electrons. The normalized spacial score (nSPS) is 22.1. The van der Waals surface area contributed by atoms with E-state index in [9.17, 15) is 4.79 Å². The number of hydrogen-bond acceptors (Lipinski definition) is 2. The lowest BCUT2D eigenvalue weighted by Crippen LogP contribution is -2.34. The maximum absolute atomic E-state index is 10.8. The number of nitrogens with one attached hydrogen (secondary N) is 1. The highest BCUT2D eigenvalue weighted by atomic mass is 16.4. The summed E-state index contributed by atoms with van der Waals surface area (Å²) < 4.78 is 0. The third-order valence-electron chi connectivity index (χ3n) is 2.71. The molecule has 0 bridgehead atoms. The van der Waals surface area contributed by atoms with Crippen LogP contribution in [0.5, 0.6) is 0 Å². The smallest absolute Gasteiger partial charge is 0.306 e. The zero-order valence-corrected chi connectivity index (χ0v) is 7.55. The lowest BCUT2D eigenvalue weighted by Gasteiger charge is -2.27. The maximum atomic E-state index is 10.8. The highest BCUT2D eigenvalue weighted by Gasteiger charge is 2.27. The second kappa shape index (κ2) is 4.45. The highest BCUT2D eigenvalue weighted by molar-refractivity contribution is 5.70. The Labute approximate surface area is 73.2 Å². The summed E-state index contributed by atoms with van der Waals surface area (Å²) in [5, 5.41) is 12.1. The Balaban J connectivity index is 2.46. The third-order valence-corrected chi connectivity index (χ3v) is 2.71. The molecule has 1 atom stereocenters. The molecule has 0 radical (unpaired) electrons. The van der Waals surface area contributed by atoms with Crippen LogP contribution in [0.25, 0.3) is 0 Å². The summed E-state index contributed by atoms with van der Waals surface area (Å²) in [5.41, 5.74) is 0. The van der Waals surface area contributed by atoms with Gasteiger partial charge in [-0.2, -0.15) is 0 Å². The molecular formula is C9H17NO2. The average Bonchev–Trinajstić information content (AvgIpc) is 2.07. The molecule has 3 heteroatoms. The molecule has 1 aliphatic heterocycles. The van der Waals surface area contributed by atoms with Gasteiger partial charge in [-0.3, -0.25) is 4.79 Å². The van der Waals surface area contributed by atoms with Crippen molar-refractivity contribution in [1.29, 1.82) is 0 Å². The molecule has 1 saturated heterocycles. The van der Waals surface area contributed by atoms with Gasteiger partial charge in [0.05, 0.1) is 5.92 Å². The predicted octanol–water partition coefficient (Wildman–Crippen LogP) is 1.10. The molecule has 0 aliphatic carbocycles. The molecule has 0 aromatic carbocycles. The van der Waals surface area contributed by atoms with Crippen molar-refractivity contribution in [2.24, 2.45) is 11.8 Å². The van der Waals surface area contributed by atoms with Crippen LogP contribution in [0.1, 0.15) is 26.2 Å². The molecule has 0 aromatic heterocycles. The molecule has 1 heterocycles. The Morgan fingerprint density at radius 1 is 1.58 bits per heavy atom. The summed E-state index contributed by atoms with van der Waals surface area (Å²) in [4.78, 5) is 10.8. The Morgan fingerprint density at radius 3 is 2.58 bits per heavy atom. The molecular weight excluding hydrogens is 154 g/mol. The number of carbonyl (C=O) groups is 1. The fourth-order valence-corrected chi connectivity index (χ4v) is 1.96. The van der Waals surface area contributed by atoms with Crippen molar-refractivity contribution in [2.45, 2.75) is 26.2 Å². The monoisotopic (exact) mass is 171 g/mol. The van der Waals surface area contributed by atoms with E-state index in [1.165, 1.54) is 0 Å². The minimum atomic E-state index is -0.621. The molecule has 12 heavy (non-hydrogen) atoms. The molecule has 1 fully saturated rings. The van der Waals surface area contributed by atoms with Crippen molar-refractivity contribution in [1.82, 2.24) is 5.32 Å². The first-order valence-electron chi connectivity index (χ1n) is 4.69. The van der Waals surface area contributed by atoms with Crippen LogP contribution in [-0.4, -0.2) is 24.2 Å². The quantitative estimate of drug-likeness (QED) is 0.668. The van der Waals surface area contributed by atoms with Crippen molar-refractivity contribution >= 4 is 5.97 Å². The first-order valence-corrected chi connectivity index (χ1v) is 4.69. The number of piperidine rings is 1. The topological polar surface area (TPSA) is 49.3 Å². The van der Waals surface area contributed by atoms with Gasteiger partial charge in [-0.15, -0.1) is 0 Å². The largest absolute Gasteiger partial charge is 0.481 e. The molecule has 3 nitrogen and oxygen atoms in total. The van der Waals surface area contributed by atoms with Crippen molar-refractivity contribution in [3.63, 3.8) is 0 Å². The summed E-state index contributed by atoms with van der Waals surface area (Å²) in [7, 11) is 0. The Kier molecular flexibility index (Phi) is 3.53. The number of rotatable bonds is 3. The van der Waals surface area contributed by atoms with Crippen LogP contribution in [0.3, 0.4) is 0 Å². The molecule has 0 spiro atoms. The second-order valence-corrected chi connectivity index (χ2v) is 3.44. The third kappa shape index (κ3) is 2.21. The summed E-state index contributed by atoms with van der Waals surface area (Å²) in [6.45, 7) is 3.92. The van der Waals surface area contributed by atoms with E-state index in [-0.39, 0.29) is 5.92 Å². The van der Waals surface area contributed by atoms with E-state index in [1.807, 2.05) is 6.92 Å². The lowest BCUT2D eigenvalue weighted by atomic mass is 9.83. The Morgan fingerprint density at radius 2 is 2.17 bits per heavy atom. The zero-order chi connectivity index (χ0) is 8.97. The van der Waals surface area contributed by atoms with Gasteiger partial charge in [0.1, 0.15) is 0 Å². The molecule has 1 aliphatic rings. The Bertz CT molecular complexity index is 153. The predicted molar refractivity (Wildman–Crippen MR) is 47.0 cm³/mol. The van der Waals surface area contributed by atoms with Gasteiger partial charge in [0, 0.05) is 0 Å². The van der Waals surface area contributed by atoms with Crippen LogP contribution >= 0.6 is 0 Å². The van der Waals surface area contributed by atoms with Gasteiger partial charge in [-0.1, -0.05) is 6.92 Å². The summed E-state index contributed by atoms with van der Waals surface area (Å²) in [6.07, 6.45) is 2.80. The standard InChI is InChI=1S/C9H17NO2/c1-2-8(9(11)12)7-3-5-10-6-4-7/h7-8,10H,2-6H2,1H3,(H,11,12). The van der Waals surface area contributed by atoms with Gasteiger partial charge in [0.2, 0.25) is 0 Å². The first-order chi connectivity index (χ1) is 5.75. The van der Waals surface area contributed by atoms with Gasteiger partial charge >= 0.3 is 5.97 Å². The maximum Gasteiger partial charge on any atom is 0.306 e. The van der Waals surface area contributed by atoms with Crippen molar-refractivity contribution in [3.05, 3.63) is 0 Å². The van der Waals surface area contributed by atoms with Gasteiger partial charge in [0.25, 0.3) is 0 Å². The van der Waals surface area contributed by atoms with Crippen LogP contribution in [-0.2, 0) is 4.79 Å².